The third-order valence-corrected chi connectivity index (χ3v) is 4.56. The normalized spacial score (nSPS) is 22.2. The van der Waals surface area contributed by atoms with Crippen LogP contribution in [-0.2, 0) is 4.79 Å². The maximum atomic E-state index is 12.6. The molecule has 104 valence electrons. The highest BCUT2D eigenvalue weighted by Crippen LogP contribution is 2.35. The third-order valence-electron chi connectivity index (χ3n) is 4.06. The molecule has 1 fully saturated rings. The number of hydrogen-bond acceptors (Lipinski definition) is 2. The molecule has 1 heterocycles. The summed E-state index contributed by atoms with van der Waals surface area (Å²) in [5.74, 6) is -1.27. The zero-order valence-corrected chi connectivity index (χ0v) is 12.3. The monoisotopic (exact) mass is 335 g/mol. The number of aromatic amines is 1. The number of carbonyl (C=O) groups is 2. The van der Waals surface area contributed by atoms with Gasteiger partial charge in [0.05, 0.1) is 5.92 Å². The van der Waals surface area contributed by atoms with E-state index in [1.165, 1.54) is 0 Å². The van der Waals surface area contributed by atoms with Crippen LogP contribution in [0.25, 0.3) is 10.9 Å². The molecule has 4 nitrogen and oxygen atoms in total. The standard InChI is InChI=1S/C15H14BrNO3/c16-10-3-4-11-12(7-17-13(11)6-10)14(18)8-1-2-9(5-8)15(19)20/h3-4,6-9,17H,1-2,5H2,(H,19,20). The highest BCUT2D eigenvalue weighted by Gasteiger charge is 2.34. The van der Waals surface area contributed by atoms with Crippen LogP contribution in [0.4, 0.5) is 0 Å². The zero-order valence-electron chi connectivity index (χ0n) is 10.7. The van der Waals surface area contributed by atoms with Crippen LogP contribution in [-0.4, -0.2) is 21.8 Å². The number of ketones is 1. The largest absolute Gasteiger partial charge is 0.481 e. The zero-order chi connectivity index (χ0) is 14.3. The lowest BCUT2D eigenvalue weighted by Gasteiger charge is -2.07. The number of aromatic nitrogens is 1. The molecule has 0 radical (unpaired) electrons. The second-order valence-corrected chi connectivity index (χ2v) is 6.22. The predicted octanol–water partition coefficient (Wildman–Crippen LogP) is 3.61. The number of carbonyl (C=O) groups excluding carboxylic acids is 1. The Morgan fingerprint density at radius 2 is 2.00 bits per heavy atom. The number of halogens is 1. The van der Waals surface area contributed by atoms with Crippen molar-refractivity contribution >= 4 is 38.6 Å². The van der Waals surface area contributed by atoms with E-state index in [0.717, 1.165) is 15.4 Å². The first-order valence-electron chi connectivity index (χ1n) is 6.60. The Morgan fingerprint density at radius 3 is 2.70 bits per heavy atom. The van der Waals surface area contributed by atoms with Crippen molar-refractivity contribution in [2.24, 2.45) is 11.8 Å². The number of rotatable bonds is 3. The first kappa shape index (κ1) is 13.4. The van der Waals surface area contributed by atoms with Crippen LogP contribution < -0.4 is 0 Å². The van der Waals surface area contributed by atoms with Gasteiger partial charge in [-0.05, 0) is 31.4 Å². The van der Waals surface area contributed by atoms with Gasteiger partial charge in [0.1, 0.15) is 0 Å². The Balaban J connectivity index is 1.88. The predicted molar refractivity (Wildman–Crippen MR) is 78.8 cm³/mol. The van der Waals surface area contributed by atoms with E-state index in [1.54, 1.807) is 6.20 Å². The van der Waals surface area contributed by atoms with Crippen LogP contribution in [0.1, 0.15) is 29.6 Å². The molecule has 1 aromatic heterocycles. The summed E-state index contributed by atoms with van der Waals surface area (Å²) in [6.07, 6.45) is 3.45. The van der Waals surface area contributed by atoms with Crippen molar-refractivity contribution in [3.63, 3.8) is 0 Å². The Kier molecular flexibility index (Phi) is 3.38. The van der Waals surface area contributed by atoms with Crippen LogP contribution in [0.5, 0.6) is 0 Å². The molecular formula is C15H14BrNO3. The van der Waals surface area contributed by atoms with E-state index in [1.807, 2.05) is 18.2 Å². The molecule has 1 aliphatic carbocycles. The molecule has 2 aromatic rings. The van der Waals surface area contributed by atoms with Gasteiger partial charge in [0.2, 0.25) is 0 Å². The van der Waals surface area contributed by atoms with E-state index in [0.29, 0.717) is 24.8 Å². The topological polar surface area (TPSA) is 70.2 Å². The molecule has 0 spiro atoms. The molecule has 3 rings (SSSR count). The van der Waals surface area contributed by atoms with Crippen LogP contribution in [0, 0.1) is 11.8 Å². The minimum atomic E-state index is -0.789. The molecule has 0 saturated heterocycles. The number of hydrogen-bond donors (Lipinski definition) is 2. The first-order valence-corrected chi connectivity index (χ1v) is 7.39. The van der Waals surface area contributed by atoms with Crippen molar-refractivity contribution in [1.29, 1.82) is 0 Å². The van der Waals surface area contributed by atoms with Crippen molar-refractivity contribution in [1.82, 2.24) is 4.98 Å². The smallest absolute Gasteiger partial charge is 0.306 e. The van der Waals surface area contributed by atoms with Crippen molar-refractivity contribution < 1.29 is 14.7 Å². The van der Waals surface area contributed by atoms with Crippen molar-refractivity contribution in [3.05, 3.63) is 34.4 Å². The van der Waals surface area contributed by atoms with E-state index in [4.69, 9.17) is 5.11 Å². The minimum Gasteiger partial charge on any atom is -0.481 e. The summed E-state index contributed by atoms with van der Waals surface area (Å²) in [6.45, 7) is 0. The fraction of sp³-hybridized carbons (Fsp3) is 0.333. The second-order valence-electron chi connectivity index (χ2n) is 5.30. The lowest BCUT2D eigenvalue weighted by atomic mass is 9.95. The lowest BCUT2D eigenvalue weighted by molar-refractivity contribution is -0.141. The van der Waals surface area contributed by atoms with E-state index in [2.05, 4.69) is 20.9 Å². The molecule has 2 unspecified atom stereocenters. The molecule has 0 bridgehead atoms. The summed E-state index contributed by atoms with van der Waals surface area (Å²) in [5.41, 5.74) is 1.58. The average molecular weight is 336 g/mol. The van der Waals surface area contributed by atoms with Crippen LogP contribution in [0.3, 0.4) is 0 Å². The molecule has 2 N–H and O–H groups in total. The maximum Gasteiger partial charge on any atom is 0.306 e. The van der Waals surface area contributed by atoms with E-state index in [9.17, 15) is 9.59 Å². The Hall–Kier alpha value is -1.62. The van der Waals surface area contributed by atoms with E-state index < -0.39 is 5.97 Å². The molecule has 1 aliphatic rings. The number of fused-ring (bicyclic) bond motifs is 1. The van der Waals surface area contributed by atoms with Crippen LogP contribution >= 0.6 is 15.9 Å². The number of benzene rings is 1. The molecule has 0 amide bonds. The number of Topliss-reactive ketones (excluding diaryl/α,β-unsaturated/α-hetero) is 1. The second kappa shape index (κ2) is 5.05. The summed E-state index contributed by atoms with van der Waals surface area (Å²) < 4.78 is 0.956. The van der Waals surface area contributed by atoms with Crippen molar-refractivity contribution in [2.45, 2.75) is 19.3 Å². The maximum absolute atomic E-state index is 12.6. The van der Waals surface area contributed by atoms with Gasteiger partial charge in [-0.2, -0.15) is 0 Å². The van der Waals surface area contributed by atoms with E-state index in [-0.39, 0.29) is 17.6 Å². The van der Waals surface area contributed by atoms with Crippen molar-refractivity contribution in [2.75, 3.05) is 0 Å². The Bertz CT molecular complexity index is 691. The molecule has 1 aromatic carbocycles. The first-order chi connectivity index (χ1) is 9.56. The van der Waals surface area contributed by atoms with Gasteiger partial charge in [-0.3, -0.25) is 9.59 Å². The SMILES string of the molecule is O=C(O)C1CCC(C(=O)c2c[nH]c3cc(Br)ccc23)C1. The fourth-order valence-corrected chi connectivity index (χ4v) is 3.33. The van der Waals surface area contributed by atoms with Crippen molar-refractivity contribution in [3.8, 4) is 0 Å². The van der Waals surface area contributed by atoms with Gasteiger partial charge >= 0.3 is 5.97 Å². The summed E-state index contributed by atoms with van der Waals surface area (Å²) in [7, 11) is 0. The van der Waals surface area contributed by atoms with E-state index >= 15 is 0 Å². The third kappa shape index (κ3) is 2.26. The summed E-state index contributed by atoms with van der Waals surface area (Å²) in [4.78, 5) is 26.6. The summed E-state index contributed by atoms with van der Waals surface area (Å²) >= 11 is 3.40. The molecule has 0 aliphatic heterocycles. The molecular weight excluding hydrogens is 322 g/mol. The van der Waals surface area contributed by atoms with Gasteiger partial charge in [0.25, 0.3) is 0 Å². The van der Waals surface area contributed by atoms with Crippen LogP contribution in [0.2, 0.25) is 0 Å². The van der Waals surface area contributed by atoms with Gasteiger partial charge in [0, 0.05) is 33.1 Å². The molecule has 2 atom stereocenters. The molecule has 5 heteroatoms. The summed E-state index contributed by atoms with van der Waals surface area (Å²) in [5, 5.41) is 9.92. The number of carboxylic acid groups (broad SMARTS) is 1. The summed E-state index contributed by atoms with van der Waals surface area (Å²) in [6, 6.07) is 5.75. The Morgan fingerprint density at radius 1 is 1.25 bits per heavy atom. The number of carboxylic acids is 1. The quantitative estimate of drug-likeness (QED) is 0.841. The highest BCUT2D eigenvalue weighted by molar-refractivity contribution is 9.10. The average Bonchev–Trinajstić information content (AvgIpc) is 3.04. The van der Waals surface area contributed by atoms with Gasteiger partial charge in [-0.15, -0.1) is 0 Å². The van der Waals surface area contributed by atoms with Gasteiger partial charge in [0.15, 0.2) is 5.78 Å². The minimum absolute atomic E-state index is 0.0577. The number of nitrogens with one attached hydrogen (secondary N) is 1. The van der Waals surface area contributed by atoms with Gasteiger partial charge in [-0.1, -0.05) is 22.0 Å². The number of H-pyrrole nitrogens is 1. The van der Waals surface area contributed by atoms with Gasteiger partial charge in [-0.25, -0.2) is 0 Å². The Labute approximate surface area is 124 Å². The molecule has 1 saturated carbocycles. The highest BCUT2D eigenvalue weighted by atomic mass is 79.9. The fourth-order valence-electron chi connectivity index (χ4n) is 2.97. The number of aliphatic carboxylic acids is 1. The van der Waals surface area contributed by atoms with Crippen LogP contribution in [0.15, 0.2) is 28.9 Å². The van der Waals surface area contributed by atoms with Gasteiger partial charge < -0.3 is 10.1 Å². The lowest BCUT2D eigenvalue weighted by Crippen LogP contribution is -2.14. The molecule has 20 heavy (non-hydrogen) atoms.